The van der Waals surface area contributed by atoms with Crippen LogP contribution in [-0.4, -0.2) is 25.7 Å². The predicted octanol–water partition coefficient (Wildman–Crippen LogP) is 4.23. The minimum atomic E-state index is -4.56. The molecule has 1 unspecified atom stereocenters. The molecule has 172 valence electrons. The molecule has 1 aromatic carbocycles. The van der Waals surface area contributed by atoms with Crippen molar-refractivity contribution in [1.29, 1.82) is 0 Å². The van der Waals surface area contributed by atoms with Gasteiger partial charge in [0.25, 0.3) is 0 Å². The molecular formula is C21H18ClF3N6O2. The quantitative estimate of drug-likeness (QED) is 0.448. The number of nitrogens with zero attached hydrogens (tertiary/aromatic N) is 3. The van der Waals surface area contributed by atoms with Gasteiger partial charge >= 0.3 is 12.2 Å². The molecule has 8 nitrogen and oxygen atoms in total. The Labute approximate surface area is 190 Å². The fourth-order valence-electron chi connectivity index (χ4n) is 3.66. The Balaban J connectivity index is 1.48. The van der Waals surface area contributed by atoms with Gasteiger partial charge < -0.3 is 21.5 Å². The summed E-state index contributed by atoms with van der Waals surface area (Å²) < 4.78 is 40.3. The topological polar surface area (TPSA) is 118 Å². The van der Waals surface area contributed by atoms with Crippen molar-refractivity contribution in [2.24, 2.45) is 0 Å². The van der Waals surface area contributed by atoms with Crippen molar-refractivity contribution in [3.63, 3.8) is 0 Å². The normalized spacial score (nSPS) is 16.0. The van der Waals surface area contributed by atoms with E-state index in [0.29, 0.717) is 23.2 Å². The first kappa shape index (κ1) is 22.6. The van der Waals surface area contributed by atoms with Crippen molar-refractivity contribution in [3.8, 4) is 0 Å². The Kier molecular flexibility index (Phi) is 6.00. The number of amides is 2. The second-order valence-electron chi connectivity index (χ2n) is 7.30. The largest absolute Gasteiger partial charge is 0.416 e. The van der Waals surface area contributed by atoms with E-state index in [0.717, 1.165) is 23.8 Å². The van der Waals surface area contributed by atoms with E-state index in [4.69, 9.17) is 17.3 Å². The zero-order valence-corrected chi connectivity index (χ0v) is 17.7. The van der Waals surface area contributed by atoms with Crippen molar-refractivity contribution < 1.29 is 23.1 Å². The van der Waals surface area contributed by atoms with Crippen LogP contribution in [0.3, 0.4) is 0 Å². The highest BCUT2D eigenvalue weighted by molar-refractivity contribution is 6.33. The monoisotopic (exact) mass is 478 g/mol. The number of anilines is 2. The Morgan fingerprint density at radius 3 is 2.79 bits per heavy atom. The maximum atomic E-state index is 12.9. The standard InChI is InChI=1S/C21H18ClF3N6O2/c22-15-6-3-13(21(23,24)25)7-16(15)30-20(33)29-14-4-1-11(2-5-14)17-12(9-32)8-31-18(17)19(26)27-10-28-31/h1,3-8,10-11,32H,2,9H2,(H2,26,27,28)(H2,29,30,33). The number of allylic oxidation sites excluding steroid dienone is 3. The van der Waals surface area contributed by atoms with Crippen molar-refractivity contribution in [1.82, 2.24) is 19.9 Å². The summed E-state index contributed by atoms with van der Waals surface area (Å²) in [6.45, 7) is -0.211. The predicted molar refractivity (Wildman–Crippen MR) is 117 cm³/mol. The van der Waals surface area contributed by atoms with Crippen molar-refractivity contribution in [2.45, 2.75) is 25.1 Å². The molecule has 0 saturated carbocycles. The molecule has 1 aliphatic rings. The van der Waals surface area contributed by atoms with Gasteiger partial charge in [-0.05, 0) is 36.3 Å². The number of alkyl halides is 3. The molecule has 12 heteroatoms. The summed E-state index contributed by atoms with van der Waals surface area (Å²) in [5, 5.41) is 18.8. The van der Waals surface area contributed by atoms with E-state index >= 15 is 0 Å². The fraction of sp³-hybridized carbons (Fsp3) is 0.190. The molecular weight excluding hydrogens is 461 g/mol. The molecule has 2 amide bonds. The minimum Gasteiger partial charge on any atom is -0.392 e. The van der Waals surface area contributed by atoms with E-state index in [1.165, 1.54) is 6.33 Å². The lowest BCUT2D eigenvalue weighted by molar-refractivity contribution is -0.137. The summed E-state index contributed by atoms with van der Waals surface area (Å²) in [6.07, 6.45) is 4.15. The number of aromatic nitrogens is 3. The molecule has 0 radical (unpaired) electrons. The maximum absolute atomic E-state index is 12.9. The van der Waals surface area contributed by atoms with Gasteiger partial charge in [-0.3, -0.25) is 0 Å². The molecule has 0 aliphatic heterocycles. The zero-order chi connectivity index (χ0) is 23.8. The second-order valence-corrected chi connectivity index (χ2v) is 7.70. The molecule has 0 spiro atoms. The molecule has 1 atom stereocenters. The number of nitrogens with two attached hydrogens (primary N) is 1. The first-order chi connectivity index (χ1) is 15.7. The van der Waals surface area contributed by atoms with E-state index in [2.05, 4.69) is 20.7 Å². The van der Waals surface area contributed by atoms with Crippen LogP contribution in [0.15, 0.2) is 54.6 Å². The number of nitrogens with one attached hydrogen (secondary N) is 2. The van der Waals surface area contributed by atoms with Gasteiger partial charge in [0.1, 0.15) is 11.8 Å². The summed E-state index contributed by atoms with van der Waals surface area (Å²) in [7, 11) is 0. The van der Waals surface area contributed by atoms with E-state index in [9.17, 15) is 23.1 Å². The minimum absolute atomic E-state index is 0.0247. The van der Waals surface area contributed by atoms with E-state index in [-0.39, 0.29) is 29.1 Å². The van der Waals surface area contributed by atoms with Crippen LogP contribution in [-0.2, 0) is 12.8 Å². The second kappa shape index (κ2) is 8.75. The van der Waals surface area contributed by atoms with Crippen LogP contribution in [0.25, 0.3) is 5.52 Å². The van der Waals surface area contributed by atoms with Gasteiger partial charge in [-0.15, -0.1) is 0 Å². The number of aliphatic hydroxyl groups excluding tert-OH is 1. The number of fused-ring (bicyclic) bond motifs is 1. The van der Waals surface area contributed by atoms with Gasteiger partial charge in [0.15, 0.2) is 5.82 Å². The van der Waals surface area contributed by atoms with Crippen LogP contribution in [0.4, 0.5) is 29.5 Å². The Hall–Kier alpha value is -3.57. The lowest BCUT2D eigenvalue weighted by Gasteiger charge is -2.18. The summed E-state index contributed by atoms with van der Waals surface area (Å²) in [4.78, 5) is 16.3. The van der Waals surface area contributed by atoms with Crippen molar-refractivity contribution in [2.75, 3.05) is 11.1 Å². The summed E-state index contributed by atoms with van der Waals surface area (Å²) in [5.41, 5.74) is 7.40. The van der Waals surface area contributed by atoms with Crippen LogP contribution >= 0.6 is 11.6 Å². The van der Waals surface area contributed by atoms with Gasteiger partial charge in [-0.2, -0.15) is 18.3 Å². The molecule has 4 rings (SSSR count). The average molecular weight is 479 g/mol. The first-order valence-electron chi connectivity index (χ1n) is 9.72. The number of rotatable bonds is 4. The third-order valence-corrected chi connectivity index (χ3v) is 5.49. The lowest BCUT2D eigenvalue weighted by Crippen LogP contribution is -2.28. The molecule has 3 aromatic rings. The number of halogens is 4. The number of urea groups is 1. The number of benzene rings is 1. The van der Waals surface area contributed by atoms with Gasteiger partial charge in [0.2, 0.25) is 0 Å². The maximum Gasteiger partial charge on any atom is 0.416 e. The Morgan fingerprint density at radius 1 is 1.33 bits per heavy atom. The van der Waals surface area contributed by atoms with Crippen LogP contribution in [0.1, 0.15) is 29.0 Å². The van der Waals surface area contributed by atoms with Gasteiger partial charge in [0, 0.05) is 23.4 Å². The molecule has 2 aromatic heterocycles. The highest BCUT2D eigenvalue weighted by atomic mass is 35.5. The lowest BCUT2D eigenvalue weighted by atomic mass is 9.90. The molecule has 2 heterocycles. The number of hydrogen-bond donors (Lipinski definition) is 4. The first-order valence-corrected chi connectivity index (χ1v) is 10.1. The highest BCUT2D eigenvalue weighted by Gasteiger charge is 2.31. The van der Waals surface area contributed by atoms with Crippen LogP contribution < -0.4 is 16.4 Å². The Bertz CT molecular complexity index is 1280. The number of hydrogen-bond acceptors (Lipinski definition) is 5. The van der Waals surface area contributed by atoms with Crippen LogP contribution in [0, 0.1) is 0 Å². The van der Waals surface area contributed by atoms with Crippen molar-refractivity contribution >= 4 is 34.7 Å². The molecule has 0 fully saturated rings. The molecule has 5 N–H and O–H groups in total. The van der Waals surface area contributed by atoms with E-state index in [1.54, 1.807) is 22.9 Å². The van der Waals surface area contributed by atoms with E-state index in [1.807, 2.05) is 6.08 Å². The molecule has 0 saturated heterocycles. The Morgan fingerprint density at radius 2 is 2.12 bits per heavy atom. The SMILES string of the molecule is Nc1ncnn2cc(CO)c(C3C=CC(NC(=O)Nc4cc(C(F)(F)F)ccc4Cl)=CC3)c12. The van der Waals surface area contributed by atoms with Gasteiger partial charge in [-0.25, -0.2) is 14.3 Å². The highest BCUT2D eigenvalue weighted by Crippen LogP contribution is 2.35. The van der Waals surface area contributed by atoms with Crippen molar-refractivity contribution in [3.05, 3.63) is 76.4 Å². The number of nitrogen functional groups attached to an aromatic ring is 1. The fourth-order valence-corrected chi connectivity index (χ4v) is 3.82. The zero-order valence-electron chi connectivity index (χ0n) is 16.9. The third kappa shape index (κ3) is 4.64. The summed E-state index contributed by atoms with van der Waals surface area (Å²) in [6, 6.07) is 1.93. The number of carbonyl (C=O) groups excluding carboxylic acids is 1. The number of carbonyl (C=O) groups is 1. The number of aliphatic hydroxyl groups is 1. The third-order valence-electron chi connectivity index (χ3n) is 5.16. The van der Waals surface area contributed by atoms with Crippen LogP contribution in [0.2, 0.25) is 5.02 Å². The molecule has 0 bridgehead atoms. The van der Waals surface area contributed by atoms with Gasteiger partial charge in [-0.1, -0.05) is 23.8 Å². The molecule has 1 aliphatic carbocycles. The van der Waals surface area contributed by atoms with Crippen LogP contribution in [0.5, 0.6) is 0 Å². The smallest absolute Gasteiger partial charge is 0.392 e. The average Bonchev–Trinajstić information content (AvgIpc) is 3.15. The molecule has 33 heavy (non-hydrogen) atoms. The summed E-state index contributed by atoms with van der Waals surface area (Å²) >= 11 is 5.92. The van der Waals surface area contributed by atoms with E-state index < -0.39 is 17.8 Å². The van der Waals surface area contributed by atoms with Gasteiger partial charge in [0.05, 0.1) is 22.9 Å². The summed E-state index contributed by atoms with van der Waals surface area (Å²) in [5.74, 6) is 0.121.